The zero-order valence-corrected chi connectivity index (χ0v) is 10.1. The Hall–Kier alpha value is -0.890. The van der Waals surface area contributed by atoms with Gasteiger partial charge in [-0.25, -0.2) is 4.39 Å². The van der Waals surface area contributed by atoms with Crippen molar-refractivity contribution in [2.45, 2.75) is 45.6 Å². The quantitative estimate of drug-likeness (QED) is 0.809. The minimum Gasteiger partial charge on any atom is -0.323 e. The third kappa shape index (κ3) is 1.99. The second kappa shape index (κ2) is 4.17. The van der Waals surface area contributed by atoms with Gasteiger partial charge in [0.25, 0.3) is 0 Å². The third-order valence-electron chi connectivity index (χ3n) is 3.98. The van der Waals surface area contributed by atoms with Gasteiger partial charge in [-0.3, -0.25) is 0 Å². The van der Waals surface area contributed by atoms with Gasteiger partial charge in [-0.2, -0.15) is 0 Å². The molecule has 0 spiro atoms. The van der Waals surface area contributed by atoms with Crippen LogP contribution in [0.15, 0.2) is 18.2 Å². The van der Waals surface area contributed by atoms with E-state index in [1.807, 2.05) is 13.0 Å². The second-order valence-electron chi connectivity index (χ2n) is 5.36. The van der Waals surface area contributed by atoms with E-state index in [0.717, 1.165) is 18.4 Å². The van der Waals surface area contributed by atoms with Gasteiger partial charge < -0.3 is 5.73 Å². The first-order valence-corrected chi connectivity index (χ1v) is 6.04. The lowest BCUT2D eigenvalue weighted by molar-refractivity contribution is 0.260. The summed E-state index contributed by atoms with van der Waals surface area (Å²) in [4.78, 5) is 0. The standard InChI is InChI=1S/C14H20FN/c1-10-5-6-12(15)11(9-10)13(16)14(2)7-3-4-8-14/h5-6,9,13H,3-4,7-8,16H2,1-2H3. The van der Waals surface area contributed by atoms with Crippen LogP contribution in [0.5, 0.6) is 0 Å². The van der Waals surface area contributed by atoms with Crippen molar-refractivity contribution in [3.63, 3.8) is 0 Å². The van der Waals surface area contributed by atoms with Gasteiger partial charge in [0, 0.05) is 11.6 Å². The zero-order chi connectivity index (χ0) is 11.8. The van der Waals surface area contributed by atoms with Crippen molar-refractivity contribution in [3.05, 3.63) is 35.1 Å². The normalized spacial score (nSPS) is 21.0. The first-order valence-electron chi connectivity index (χ1n) is 6.04. The summed E-state index contributed by atoms with van der Waals surface area (Å²) in [6, 6.07) is 5.05. The van der Waals surface area contributed by atoms with Crippen molar-refractivity contribution in [3.8, 4) is 0 Å². The fraction of sp³-hybridized carbons (Fsp3) is 0.571. The van der Waals surface area contributed by atoms with Crippen LogP contribution < -0.4 is 5.73 Å². The predicted octanol–water partition coefficient (Wildman–Crippen LogP) is 3.71. The van der Waals surface area contributed by atoms with Crippen molar-refractivity contribution in [1.82, 2.24) is 0 Å². The Morgan fingerprint density at radius 3 is 2.56 bits per heavy atom. The minimum atomic E-state index is -0.171. The van der Waals surface area contributed by atoms with Crippen LogP contribution in [-0.4, -0.2) is 0 Å². The summed E-state index contributed by atoms with van der Waals surface area (Å²) in [6.45, 7) is 4.17. The van der Waals surface area contributed by atoms with Gasteiger partial charge >= 0.3 is 0 Å². The molecule has 1 aliphatic rings. The van der Waals surface area contributed by atoms with E-state index < -0.39 is 0 Å². The Bertz CT molecular complexity index is 380. The lowest BCUT2D eigenvalue weighted by Gasteiger charge is -2.31. The molecular weight excluding hydrogens is 201 g/mol. The summed E-state index contributed by atoms with van der Waals surface area (Å²) in [7, 11) is 0. The molecule has 16 heavy (non-hydrogen) atoms. The highest BCUT2D eigenvalue weighted by Crippen LogP contribution is 2.46. The maximum Gasteiger partial charge on any atom is 0.128 e. The van der Waals surface area contributed by atoms with E-state index in [2.05, 4.69) is 6.92 Å². The van der Waals surface area contributed by atoms with E-state index in [4.69, 9.17) is 5.73 Å². The summed E-state index contributed by atoms with van der Waals surface area (Å²) in [6.07, 6.45) is 4.67. The number of rotatable bonds is 2. The number of benzene rings is 1. The molecule has 0 aliphatic heterocycles. The lowest BCUT2D eigenvalue weighted by atomic mass is 9.77. The van der Waals surface area contributed by atoms with Crippen LogP contribution in [0.1, 0.15) is 49.8 Å². The summed E-state index contributed by atoms with van der Waals surface area (Å²) in [5.41, 5.74) is 8.10. The first-order chi connectivity index (χ1) is 7.53. The van der Waals surface area contributed by atoms with Gasteiger partial charge in [-0.05, 0) is 31.2 Å². The first kappa shape index (κ1) is 11.6. The van der Waals surface area contributed by atoms with Crippen LogP contribution >= 0.6 is 0 Å². The second-order valence-corrected chi connectivity index (χ2v) is 5.36. The number of hydrogen-bond donors (Lipinski definition) is 1. The van der Waals surface area contributed by atoms with Crippen molar-refractivity contribution < 1.29 is 4.39 Å². The predicted molar refractivity (Wildman–Crippen MR) is 64.6 cm³/mol. The zero-order valence-electron chi connectivity index (χ0n) is 10.1. The van der Waals surface area contributed by atoms with Crippen LogP contribution in [0.3, 0.4) is 0 Å². The number of aryl methyl sites for hydroxylation is 1. The maximum atomic E-state index is 13.8. The number of halogens is 1. The molecule has 0 aromatic heterocycles. The van der Waals surface area contributed by atoms with E-state index in [1.54, 1.807) is 6.07 Å². The molecule has 0 saturated heterocycles. The number of hydrogen-bond acceptors (Lipinski definition) is 1. The molecule has 2 rings (SSSR count). The maximum absolute atomic E-state index is 13.8. The van der Waals surface area contributed by atoms with Gasteiger partial charge in [-0.1, -0.05) is 37.5 Å². The fourth-order valence-electron chi connectivity index (χ4n) is 2.77. The van der Waals surface area contributed by atoms with Crippen molar-refractivity contribution in [2.75, 3.05) is 0 Å². The van der Waals surface area contributed by atoms with E-state index in [0.29, 0.717) is 5.56 Å². The molecule has 1 nitrogen and oxygen atoms in total. The average molecular weight is 221 g/mol. The molecule has 1 aromatic rings. The third-order valence-corrected chi connectivity index (χ3v) is 3.98. The van der Waals surface area contributed by atoms with E-state index in [1.165, 1.54) is 18.9 Å². The Morgan fingerprint density at radius 1 is 1.31 bits per heavy atom. The molecule has 0 heterocycles. The topological polar surface area (TPSA) is 26.0 Å². The van der Waals surface area contributed by atoms with Crippen molar-refractivity contribution in [1.29, 1.82) is 0 Å². The molecule has 1 unspecified atom stereocenters. The molecule has 1 atom stereocenters. The van der Waals surface area contributed by atoms with E-state index >= 15 is 0 Å². The van der Waals surface area contributed by atoms with Gasteiger partial charge in [0.05, 0.1) is 0 Å². The highest BCUT2D eigenvalue weighted by Gasteiger charge is 2.36. The molecule has 1 saturated carbocycles. The fourth-order valence-corrected chi connectivity index (χ4v) is 2.77. The minimum absolute atomic E-state index is 0.0780. The Balaban J connectivity index is 2.32. The molecular formula is C14H20FN. The highest BCUT2D eigenvalue weighted by molar-refractivity contribution is 5.28. The summed E-state index contributed by atoms with van der Waals surface area (Å²) in [5.74, 6) is -0.161. The molecule has 0 radical (unpaired) electrons. The molecule has 2 heteroatoms. The van der Waals surface area contributed by atoms with Gasteiger partial charge in [-0.15, -0.1) is 0 Å². The summed E-state index contributed by atoms with van der Waals surface area (Å²) in [5, 5.41) is 0. The molecule has 2 N–H and O–H groups in total. The summed E-state index contributed by atoms with van der Waals surface area (Å²) < 4.78 is 13.8. The van der Waals surface area contributed by atoms with E-state index in [9.17, 15) is 4.39 Å². The van der Waals surface area contributed by atoms with Crippen LogP contribution in [0.4, 0.5) is 4.39 Å². The largest absolute Gasteiger partial charge is 0.323 e. The van der Waals surface area contributed by atoms with Gasteiger partial charge in [0.2, 0.25) is 0 Å². The number of nitrogens with two attached hydrogens (primary N) is 1. The Morgan fingerprint density at radius 2 is 1.94 bits per heavy atom. The molecule has 1 aromatic carbocycles. The monoisotopic (exact) mass is 221 g/mol. The van der Waals surface area contributed by atoms with Gasteiger partial charge in [0.1, 0.15) is 5.82 Å². The SMILES string of the molecule is Cc1ccc(F)c(C(N)C2(C)CCCC2)c1. The lowest BCUT2D eigenvalue weighted by Crippen LogP contribution is -2.30. The molecule has 1 fully saturated rings. The highest BCUT2D eigenvalue weighted by atomic mass is 19.1. The van der Waals surface area contributed by atoms with E-state index in [-0.39, 0.29) is 17.3 Å². The average Bonchev–Trinajstić information content (AvgIpc) is 2.69. The van der Waals surface area contributed by atoms with Crippen molar-refractivity contribution in [2.24, 2.45) is 11.1 Å². The van der Waals surface area contributed by atoms with Crippen LogP contribution in [0.25, 0.3) is 0 Å². The van der Waals surface area contributed by atoms with Crippen molar-refractivity contribution >= 4 is 0 Å². The smallest absolute Gasteiger partial charge is 0.128 e. The summed E-state index contributed by atoms with van der Waals surface area (Å²) >= 11 is 0. The molecule has 0 bridgehead atoms. The van der Waals surface area contributed by atoms with Gasteiger partial charge in [0.15, 0.2) is 0 Å². The Labute approximate surface area is 96.9 Å². The van der Waals surface area contributed by atoms with Crippen LogP contribution in [0.2, 0.25) is 0 Å². The molecule has 1 aliphatic carbocycles. The van der Waals surface area contributed by atoms with Crippen LogP contribution in [0, 0.1) is 18.2 Å². The molecule has 88 valence electrons. The molecule has 0 amide bonds. The Kier molecular flexibility index (Phi) is 3.02. The van der Waals surface area contributed by atoms with Crippen LogP contribution in [-0.2, 0) is 0 Å².